The molecule has 0 fully saturated rings. The molecule has 0 unspecified atom stereocenters. The number of rotatable bonds is 15. The van der Waals surface area contributed by atoms with Crippen LogP contribution in [-0.2, 0) is 0 Å². The number of nitrogens with zero attached hydrogens (tertiary/aromatic N) is 4. The van der Waals surface area contributed by atoms with Crippen molar-refractivity contribution in [1.82, 2.24) is 4.90 Å². The van der Waals surface area contributed by atoms with Crippen LogP contribution in [-0.4, -0.2) is 43.6 Å². The molecule has 10 heteroatoms. The molecule has 0 amide bonds. The number of hydrogen-bond donors (Lipinski definition) is 0. The molecule has 1 aliphatic rings. The molecule has 0 bridgehead atoms. The summed E-state index contributed by atoms with van der Waals surface area (Å²) in [7, 11) is 3.47. The summed E-state index contributed by atoms with van der Waals surface area (Å²) in [6, 6.07) is 12.8. The van der Waals surface area contributed by atoms with E-state index >= 15 is 0 Å². The van der Waals surface area contributed by atoms with Gasteiger partial charge >= 0.3 is 5.63 Å². The highest BCUT2D eigenvalue weighted by Crippen LogP contribution is 2.42. The maximum Gasteiger partial charge on any atom is 0.344 e. The SMILES string of the molecule is CCCCCCN(CCCC)c1cc2oc(=O)c(C=C(C#N)C3=CC=CN(C)C3)c(Sc3cccc(OC)c3)c2cc1[N+](=O)[O-]. The summed E-state index contributed by atoms with van der Waals surface area (Å²) in [5, 5.41) is 23.1. The van der Waals surface area contributed by atoms with E-state index < -0.39 is 5.63 Å². The minimum Gasteiger partial charge on any atom is -0.497 e. The summed E-state index contributed by atoms with van der Waals surface area (Å²) in [4.78, 5) is 31.2. The lowest BCUT2D eigenvalue weighted by Crippen LogP contribution is -2.26. The van der Waals surface area contributed by atoms with Crippen LogP contribution >= 0.6 is 11.8 Å². The van der Waals surface area contributed by atoms with Gasteiger partial charge in [0.2, 0.25) is 0 Å². The van der Waals surface area contributed by atoms with E-state index in [1.807, 2.05) is 59.5 Å². The van der Waals surface area contributed by atoms with Gasteiger partial charge in [-0.1, -0.05) is 63.4 Å². The number of methoxy groups -OCH3 is 1. The van der Waals surface area contributed by atoms with Gasteiger partial charge in [-0.05, 0) is 55.0 Å². The first-order chi connectivity index (χ1) is 21.8. The number of likely N-dealkylation sites (N-methyl/N-ethyl adjacent to an activating group) is 1. The van der Waals surface area contributed by atoms with E-state index in [4.69, 9.17) is 9.15 Å². The van der Waals surface area contributed by atoms with Crippen molar-refractivity contribution < 1.29 is 14.1 Å². The summed E-state index contributed by atoms with van der Waals surface area (Å²) in [5.41, 5.74) is 1.26. The summed E-state index contributed by atoms with van der Waals surface area (Å²) in [6.07, 6.45) is 13.1. The Hall–Kier alpha value is -4.49. The molecule has 2 aromatic carbocycles. The predicted molar refractivity (Wildman–Crippen MR) is 181 cm³/mol. The second-order valence-corrected chi connectivity index (χ2v) is 12.1. The van der Waals surface area contributed by atoms with E-state index in [2.05, 4.69) is 19.9 Å². The number of unbranched alkanes of at least 4 members (excludes halogenated alkanes) is 4. The van der Waals surface area contributed by atoms with Gasteiger partial charge in [-0.2, -0.15) is 5.26 Å². The molecule has 0 N–H and O–H groups in total. The van der Waals surface area contributed by atoms with Gasteiger partial charge in [0.25, 0.3) is 5.69 Å². The Bertz CT molecular complexity index is 1720. The van der Waals surface area contributed by atoms with Gasteiger partial charge in [0.1, 0.15) is 17.0 Å². The quantitative estimate of drug-likeness (QED) is 0.0539. The van der Waals surface area contributed by atoms with Crippen LogP contribution in [0.25, 0.3) is 17.0 Å². The molecule has 1 aromatic heterocycles. The molecule has 4 rings (SSSR count). The summed E-state index contributed by atoms with van der Waals surface area (Å²) in [6.45, 7) is 6.07. The largest absolute Gasteiger partial charge is 0.497 e. The van der Waals surface area contributed by atoms with Gasteiger partial charge in [-0.25, -0.2) is 4.79 Å². The van der Waals surface area contributed by atoms with Crippen LogP contribution in [0.2, 0.25) is 0 Å². The fraction of sp³-hybridized carbons (Fsp3) is 0.371. The third kappa shape index (κ3) is 8.37. The van der Waals surface area contributed by atoms with E-state index in [1.54, 1.807) is 13.2 Å². The Kier molecular flexibility index (Phi) is 11.9. The highest BCUT2D eigenvalue weighted by Gasteiger charge is 2.25. The van der Waals surface area contributed by atoms with Crippen molar-refractivity contribution >= 4 is 40.2 Å². The van der Waals surface area contributed by atoms with Gasteiger partial charge in [-0.3, -0.25) is 10.1 Å². The average molecular weight is 629 g/mol. The molecule has 1 aliphatic heterocycles. The molecule has 2 heterocycles. The van der Waals surface area contributed by atoms with Gasteiger partial charge in [0.15, 0.2) is 0 Å². The smallest absolute Gasteiger partial charge is 0.344 e. The number of benzene rings is 2. The number of allylic oxidation sites excluding steroid dienone is 2. The number of fused-ring (bicyclic) bond motifs is 1. The van der Waals surface area contributed by atoms with Crippen molar-refractivity contribution in [2.24, 2.45) is 0 Å². The summed E-state index contributed by atoms with van der Waals surface area (Å²) >= 11 is 1.28. The van der Waals surface area contributed by atoms with Crippen LogP contribution in [0.4, 0.5) is 11.4 Å². The van der Waals surface area contributed by atoms with Crippen LogP contribution in [0.15, 0.2) is 84.9 Å². The van der Waals surface area contributed by atoms with Crippen LogP contribution < -0.4 is 15.3 Å². The summed E-state index contributed by atoms with van der Waals surface area (Å²) in [5.74, 6) is 0.632. The second-order valence-electron chi connectivity index (χ2n) is 11.0. The van der Waals surface area contributed by atoms with E-state index in [-0.39, 0.29) is 21.8 Å². The van der Waals surface area contributed by atoms with Crippen molar-refractivity contribution in [1.29, 1.82) is 5.26 Å². The molecule has 0 saturated heterocycles. The zero-order valence-electron chi connectivity index (χ0n) is 26.4. The number of nitro groups is 1. The van der Waals surface area contributed by atoms with Crippen LogP contribution in [0.3, 0.4) is 0 Å². The first-order valence-corrected chi connectivity index (χ1v) is 16.2. The highest BCUT2D eigenvalue weighted by atomic mass is 32.2. The minimum atomic E-state index is -0.621. The molecular weight excluding hydrogens is 588 g/mol. The number of nitro benzene ring substituents is 1. The molecule has 3 aromatic rings. The Balaban J connectivity index is 1.95. The van der Waals surface area contributed by atoms with Crippen molar-refractivity contribution in [2.45, 2.75) is 62.2 Å². The molecule has 0 radical (unpaired) electrons. The molecule has 45 heavy (non-hydrogen) atoms. The van der Waals surface area contributed by atoms with Crippen molar-refractivity contribution in [2.75, 3.05) is 38.7 Å². The Morgan fingerprint density at radius 1 is 1.18 bits per heavy atom. The molecular formula is C35H40N4O5S. The normalized spacial score (nSPS) is 13.1. The van der Waals surface area contributed by atoms with E-state index in [1.165, 1.54) is 23.9 Å². The molecule has 236 valence electrons. The van der Waals surface area contributed by atoms with Gasteiger partial charge < -0.3 is 19.0 Å². The Morgan fingerprint density at radius 3 is 2.64 bits per heavy atom. The first-order valence-electron chi connectivity index (χ1n) is 15.3. The standard InChI is InChI=1S/C35H40N4O5S/c1-5-7-9-10-18-38(17-8-6-2)31-22-33-29(21-32(31)39(41)42)34(45-28-15-11-14-27(20-28)43-4)30(35(40)44-33)19-26(23-36)25-13-12-16-37(3)24-25/h11-16,19-22H,5-10,17-18,24H2,1-4H3. The molecule has 0 saturated carbocycles. The van der Waals surface area contributed by atoms with Gasteiger partial charge in [0, 0.05) is 54.0 Å². The topological polar surface area (TPSA) is 113 Å². The number of ether oxygens (including phenoxy) is 1. The fourth-order valence-electron chi connectivity index (χ4n) is 5.26. The Labute approximate surface area is 268 Å². The summed E-state index contributed by atoms with van der Waals surface area (Å²) < 4.78 is 11.3. The molecule has 0 aliphatic carbocycles. The molecule has 0 atom stereocenters. The Morgan fingerprint density at radius 2 is 1.96 bits per heavy atom. The van der Waals surface area contributed by atoms with Gasteiger partial charge in [0.05, 0.1) is 29.2 Å². The number of hydrogen-bond acceptors (Lipinski definition) is 9. The van der Waals surface area contributed by atoms with E-state index in [0.29, 0.717) is 46.9 Å². The van der Waals surface area contributed by atoms with Crippen LogP contribution in [0.1, 0.15) is 57.9 Å². The maximum absolute atomic E-state index is 13.7. The third-order valence-corrected chi connectivity index (χ3v) is 8.80. The average Bonchev–Trinajstić information content (AvgIpc) is 3.03. The lowest BCUT2D eigenvalue weighted by molar-refractivity contribution is -0.384. The third-order valence-electron chi connectivity index (χ3n) is 7.66. The second kappa shape index (κ2) is 16.0. The van der Waals surface area contributed by atoms with Crippen LogP contribution in [0.5, 0.6) is 5.75 Å². The van der Waals surface area contributed by atoms with E-state index in [9.17, 15) is 20.2 Å². The van der Waals surface area contributed by atoms with Gasteiger partial charge in [-0.15, -0.1) is 0 Å². The minimum absolute atomic E-state index is 0.0485. The zero-order chi connectivity index (χ0) is 32.3. The highest BCUT2D eigenvalue weighted by molar-refractivity contribution is 7.99. The van der Waals surface area contributed by atoms with E-state index in [0.717, 1.165) is 49.0 Å². The number of anilines is 1. The van der Waals surface area contributed by atoms with Crippen molar-refractivity contribution in [3.05, 3.63) is 92.0 Å². The number of nitriles is 1. The van der Waals surface area contributed by atoms with Crippen molar-refractivity contribution in [3.63, 3.8) is 0 Å². The molecule has 0 spiro atoms. The van der Waals surface area contributed by atoms with Crippen LogP contribution in [0, 0.1) is 21.4 Å². The fourth-order valence-corrected chi connectivity index (χ4v) is 6.34. The monoisotopic (exact) mass is 628 g/mol. The first kappa shape index (κ1) is 33.4. The molecule has 9 nitrogen and oxygen atoms in total. The lowest BCUT2D eigenvalue weighted by Gasteiger charge is -2.25. The lowest BCUT2D eigenvalue weighted by atomic mass is 10.0. The predicted octanol–water partition coefficient (Wildman–Crippen LogP) is 8.34. The van der Waals surface area contributed by atoms with Crippen molar-refractivity contribution in [3.8, 4) is 11.8 Å². The zero-order valence-corrected chi connectivity index (χ0v) is 27.2. The maximum atomic E-state index is 13.7.